The van der Waals surface area contributed by atoms with Crippen LogP contribution in [-0.4, -0.2) is 50.0 Å². The molecule has 1 saturated heterocycles. The Morgan fingerprint density at radius 3 is 3.10 bits per heavy atom. The van der Waals surface area contributed by atoms with E-state index in [4.69, 9.17) is 4.74 Å². The molecule has 0 unspecified atom stereocenters. The molecule has 0 radical (unpaired) electrons. The zero-order valence-electron chi connectivity index (χ0n) is 15.8. The van der Waals surface area contributed by atoms with Gasteiger partial charge in [0.25, 0.3) is 0 Å². The highest BCUT2D eigenvalue weighted by atomic mass is 19.1. The first-order valence-electron chi connectivity index (χ1n) is 9.36. The van der Waals surface area contributed by atoms with Crippen LogP contribution >= 0.6 is 0 Å². The molecule has 2 N–H and O–H groups in total. The maximum atomic E-state index is 13.6. The molecule has 29 heavy (non-hydrogen) atoms. The van der Waals surface area contributed by atoms with Crippen LogP contribution in [0.4, 0.5) is 15.0 Å². The topological polar surface area (TPSA) is 105 Å². The first kappa shape index (κ1) is 19.1. The van der Waals surface area contributed by atoms with Crippen molar-refractivity contribution in [1.29, 1.82) is 0 Å². The zero-order valence-corrected chi connectivity index (χ0v) is 15.8. The van der Waals surface area contributed by atoms with E-state index in [9.17, 15) is 14.3 Å². The van der Waals surface area contributed by atoms with Crippen molar-refractivity contribution in [3.63, 3.8) is 0 Å². The van der Waals surface area contributed by atoms with E-state index in [1.807, 2.05) is 6.07 Å². The fourth-order valence-corrected chi connectivity index (χ4v) is 3.44. The highest BCUT2D eigenvalue weighted by molar-refractivity contribution is 5.73. The predicted octanol–water partition coefficient (Wildman–Crippen LogP) is 2.07. The molecule has 10 heteroatoms. The fraction of sp³-hybridized carbons (Fsp3) is 0.368. The number of hydrogen-bond acceptors (Lipinski definition) is 7. The SMILES string of the molecule is C[C@H](O)CNC(=O)Oc1cnn2ccc(N3CCC[C@@H]3c3cncc(F)c3)nc12. The van der Waals surface area contributed by atoms with Crippen molar-refractivity contribution in [2.45, 2.75) is 31.9 Å². The first-order chi connectivity index (χ1) is 14.0. The molecule has 0 spiro atoms. The van der Waals surface area contributed by atoms with Crippen molar-refractivity contribution < 1.29 is 19.0 Å². The first-order valence-corrected chi connectivity index (χ1v) is 9.36. The third kappa shape index (κ3) is 4.11. The normalized spacial score (nSPS) is 17.5. The number of aliphatic hydroxyl groups is 1. The van der Waals surface area contributed by atoms with Gasteiger partial charge in [-0.25, -0.2) is 18.7 Å². The summed E-state index contributed by atoms with van der Waals surface area (Å²) in [6.07, 6.45) is 6.43. The largest absolute Gasteiger partial charge is 0.412 e. The van der Waals surface area contributed by atoms with E-state index in [0.29, 0.717) is 11.5 Å². The number of hydrogen-bond donors (Lipinski definition) is 2. The van der Waals surface area contributed by atoms with Crippen molar-refractivity contribution >= 4 is 17.6 Å². The number of aromatic nitrogens is 4. The quantitative estimate of drug-likeness (QED) is 0.675. The van der Waals surface area contributed by atoms with E-state index >= 15 is 0 Å². The molecule has 2 atom stereocenters. The number of nitrogens with one attached hydrogen (secondary N) is 1. The summed E-state index contributed by atoms with van der Waals surface area (Å²) in [5.74, 6) is 0.518. The Bertz CT molecular complexity index is 1020. The Morgan fingerprint density at radius 2 is 2.31 bits per heavy atom. The van der Waals surface area contributed by atoms with Gasteiger partial charge in [0.2, 0.25) is 5.65 Å². The van der Waals surface area contributed by atoms with Gasteiger partial charge in [0.1, 0.15) is 11.6 Å². The van der Waals surface area contributed by atoms with Gasteiger partial charge in [-0.1, -0.05) is 0 Å². The lowest BCUT2D eigenvalue weighted by atomic mass is 10.1. The maximum Gasteiger partial charge on any atom is 0.412 e. The van der Waals surface area contributed by atoms with Crippen molar-refractivity contribution in [3.05, 3.63) is 48.3 Å². The van der Waals surface area contributed by atoms with Crippen molar-refractivity contribution in [2.24, 2.45) is 0 Å². The summed E-state index contributed by atoms with van der Waals surface area (Å²) in [6, 6.07) is 3.28. The van der Waals surface area contributed by atoms with Crippen LogP contribution in [0.3, 0.4) is 0 Å². The maximum absolute atomic E-state index is 13.6. The molecule has 0 aromatic carbocycles. The van der Waals surface area contributed by atoms with Crippen LogP contribution in [0.1, 0.15) is 31.4 Å². The van der Waals surface area contributed by atoms with E-state index in [1.54, 1.807) is 19.3 Å². The van der Waals surface area contributed by atoms with Gasteiger partial charge >= 0.3 is 6.09 Å². The molecule has 0 aliphatic carbocycles. The van der Waals surface area contributed by atoms with Crippen LogP contribution in [0, 0.1) is 5.82 Å². The standard InChI is InChI=1S/C19H21FN6O3/c1-12(27)8-22-19(28)29-16-11-23-26-6-4-17(24-18(16)26)25-5-2-3-15(25)13-7-14(20)10-21-9-13/h4,6-7,9-12,15,27H,2-3,5,8H2,1H3,(H,22,28)/t12-,15+/m0/s1. The lowest BCUT2D eigenvalue weighted by Crippen LogP contribution is -2.32. The number of nitrogens with zero attached hydrogens (tertiary/aromatic N) is 5. The highest BCUT2D eigenvalue weighted by Gasteiger charge is 2.28. The molecule has 4 heterocycles. The van der Waals surface area contributed by atoms with Crippen LogP contribution in [0.25, 0.3) is 5.65 Å². The molecule has 1 aliphatic rings. The molecule has 4 rings (SSSR count). The van der Waals surface area contributed by atoms with E-state index in [1.165, 1.54) is 23.0 Å². The lowest BCUT2D eigenvalue weighted by Gasteiger charge is -2.26. The third-order valence-corrected chi connectivity index (χ3v) is 4.72. The summed E-state index contributed by atoms with van der Waals surface area (Å²) >= 11 is 0. The minimum Gasteiger partial charge on any atom is -0.405 e. The van der Waals surface area contributed by atoms with Crippen molar-refractivity contribution in [3.8, 4) is 5.75 Å². The molecule has 3 aromatic rings. The van der Waals surface area contributed by atoms with E-state index < -0.39 is 12.2 Å². The average Bonchev–Trinajstić information content (AvgIpc) is 3.33. The van der Waals surface area contributed by atoms with Crippen molar-refractivity contribution in [2.75, 3.05) is 18.0 Å². The van der Waals surface area contributed by atoms with Gasteiger partial charge in [-0.3, -0.25) is 4.98 Å². The van der Waals surface area contributed by atoms with Crippen LogP contribution in [0.5, 0.6) is 5.75 Å². The number of rotatable bonds is 5. The Hall–Kier alpha value is -3.27. The van der Waals surface area contributed by atoms with Crippen LogP contribution in [0.15, 0.2) is 36.9 Å². The number of halogens is 1. The van der Waals surface area contributed by atoms with Gasteiger partial charge in [-0.15, -0.1) is 0 Å². The Balaban J connectivity index is 1.59. The molecule has 1 amide bonds. The number of aliphatic hydroxyl groups excluding tert-OH is 1. The average molecular weight is 400 g/mol. The summed E-state index contributed by atoms with van der Waals surface area (Å²) in [5.41, 5.74) is 1.18. The van der Waals surface area contributed by atoms with E-state index in [-0.39, 0.29) is 24.2 Å². The fourth-order valence-electron chi connectivity index (χ4n) is 3.44. The lowest BCUT2D eigenvalue weighted by molar-refractivity contribution is 0.172. The Labute approximate surface area is 166 Å². The van der Waals surface area contributed by atoms with Crippen LogP contribution in [0.2, 0.25) is 0 Å². The molecule has 0 bridgehead atoms. The van der Waals surface area contributed by atoms with Gasteiger partial charge in [0.05, 0.1) is 24.5 Å². The monoisotopic (exact) mass is 400 g/mol. The predicted molar refractivity (Wildman–Crippen MR) is 102 cm³/mol. The Kier molecular flexibility index (Phi) is 5.26. The summed E-state index contributed by atoms with van der Waals surface area (Å²) in [6.45, 7) is 2.40. The number of carbonyl (C=O) groups is 1. The molecule has 152 valence electrons. The van der Waals surface area contributed by atoms with Gasteiger partial charge in [-0.2, -0.15) is 5.10 Å². The van der Waals surface area contributed by atoms with Gasteiger partial charge in [0.15, 0.2) is 5.75 Å². The van der Waals surface area contributed by atoms with Gasteiger partial charge < -0.3 is 20.1 Å². The molecular formula is C19H21FN6O3. The van der Waals surface area contributed by atoms with Crippen molar-refractivity contribution in [1.82, 2.24) is 24.9 Å². The zero-order chi connectivity index (χ0) is 20.4. The number of anilines is 1. The second-order valence-corrected chi connectivity index (χ2v) is 6.97. The molecule has 3 aromatic heterocycles. The van der Waals surface area contributed by atoms with Gasteiger partial charge in [0, 0.05) is 25.5 Å². The molecule has 0 saturated carbocycles. The van der Waals surface area contributed by atoms with E-state index in [0.717, 1.165) is 24.9 Å². The van der Waals surface area contributed by atoms with Crippen LogP contribution in [-0.2, 0) is 0 Å². The highest BCUT2D eigenvalue weighted by Crippen LogP contribution is 2.35. The third-order valence-electron chi connectivity index (χ3n) is 4.72. The van der Waals surface area contributed by atoms with Crippen LogP contribution < -0.4 is 15.0 Å². The summed E-state index contributed by atoms with van der Waals surface area (Å²) in [4.78, 5) is 22.6. The molecule has 9 nitrogen and oxygen atoms in total. The minimum absolute atomic E-state index is 0.0326. The summed E-state index contributed by atoms with van der Waals surface area (Å²) in [7, 11) is 0. The number of ether oxygens (including phenoxy) is 1. The Morgan fingerprint density at radius 1 is 1.45 bits per heavy atom. The number of fused-ring (bicyclic) bond motifs is 1. The summed E-state index contributed by atoms with van der Waals surface area (Å²) in [5, 5.41) is 15.9. The number of pyridine rings is 1. The molecule has 1 fully saturated rings. The summed E-state index contributed by atoms with van der Waals surface area (Å²) < 4.78 is 20.4. The second-order valence-electron chi connectivity index (χ2n) is 6.97. The smallest absolute Gasteiger partial charge is 0.405 e. The second kappa shape index (κ2) is 8.00. The van der Waals surface area contributed by atoms with E-state index in [2.05, 4.69) is 25.3 Å². The van der Waals surface area contributed by atoms with Gasteiger partial charge in [-0.05, 0) is 37.5 Å². The number of amides is 1. The minimum atomic E-state index is -0.696. The number of carbonyl (C=O) groups excluding carboxylic acids is 1. The molecule has 1 aliphatic heterocycles. The molecular weight excluding hydrogens is 379 g/mol.